The molecule has 0 fully saturated rings. The SMILES string of the molecule is CCCN(C(=O)c1cccc(COC)c1)C1CCc2ccccc2C1. The van der Waals surface area contributed by atoms with E-state index in [0.717, 1.165) is 43.4 Å². The Kier molecular flexibility index (Phi) is 5.87. The van der Waals surface area contributed by atoms with E-state index in [2.05, 4.69) is 36.1 Å². The van der Waals surface area contributed by atoms with Gasteiger partial charge < -0.3 is 9.64 Å². The zero-order valence-corrected chi connectivity index (χ0v) is 15.2. The number of hydrogen-bond donors (Lipinski definition) is 0. The third kappa shape index (κ3) is 4.10. The first kappa shape index (κ1) is 17.7. The van der Waals surface area contributed by atoms with Gasteiger partial charge in [0.1, 0.15) is 0 Å². The molecule has 3 rings (SSSR count). The minimum absolute atomic E-state index is 0.143. The van der Waals surface area contributed by atoms with E-state index in [-0.39, 0.29) is 11.9 Å². The number of carbonyl (C=O) groups excluding carboxylic acids is 1. The monoisotopic (exact) mass is 337 g/mol. The Morgan fingerprint density at radius 3 is 2.72 bits per heavy atom. The van der Waals surface area contributed by atoms with E-state index in [9.17, 15) is 4.79 Å². The fraction of sp³-hybridized carbons (Fsp3) is 0.409. The normalized spacial score (nSPS) is 16.3. The van der Waals surface area contributed by atoms with Crippen LogP contribution in [0, 0.1) is 0 Å². The van der Waals surface area contributed by atoms with Crippen LogP contribution in [-0.4, -0.2) is 30.5 Å². The van der Waals surface area contributed by atoms with Gasteiger partial charge in [0.15, 0.2) is 0 Å². The van der Waals surface area contributed by atoms with Crippen molar-refractivity contribution >= 4 is 5.91 Å². The third-order valence-corrected chi connectivity index (χ3v) is 4.97. The number of carbonyl (C=O) groups is 1. The molecule has 1 atom stereocenters. The van der Waals surface area contributed by atoms with Crippen LogP contribution in [0.1, 0.15) is 46.8 Å². The van der Waals surface area contributed by atoms with Crippen molar-refractivity contribution in [1.82, 2.24) is 4.90 Å². The molecule has 1 aliphatic rings. The molecule has 0 N–H and O–H groups in total. The first-order valence-electron chi connectivity index (χ1n) is 9.18. The quantitative estimate of drug-likeness (QED) is 0.789. The maximum absolute atomic E-state index is 13.2. The van der Waals surface area contributed by atoms with E-state index >= 15 is 0 Å². The number of nitrogens with zero attached hydrogens (tertiary/aromatic N) is 1. The highest BCUT2D eigenvalue weighted by Gasteiger charge is 2.27. The molecule has 1 amide bonds. The van der Waals surface area contributed by atoms with Gasteiger partial charge in [-0.2, -0.15) is 0 Å². The number of aryl methyl sites for hydroxylation is 1. The zero-order chi connectivity index (χ0) is 17.6. The minimum atomic E-state index is 0.143. The van der Waals surface area contributed by atoms with Gasteiger partial charge in [-0.25, -0.2) is 0 Å². The van der Waals surface area contributed by atoms with Gasteiger partial charge in [0.25, 0.3) is 5.91 Å². The summed E-state index contributed by atoms with van der Waals surface area (Å²) >= 11 is 0. The van der Waals surface area contributed by atoms with Crippen LogP contribution in [-0.2, 0) is 24.2 Å². The minimum Gasteiger partial charge on any atom is -0.380 e. The lowest BCUT2D eigenvalue weighted by molar-refractivity contribution is 0.0661. The number of rotatable bonds is 6. The van der Waals surface area contributed by atoms with Crippen molar-refractivity contribution in [2.75, 3.05) is 13.7 Å². The fourth-order valence-electron chi connectivity index (χ4n) is 3.76. The van der Waals surface area contributed by atoms with Crippen molar-refractivity contribution in [2.45, 2.75) is 45.3 Å². The summed E-state index contributed by atoms with van der Waals surface area (Å²) in [7, 11) is 1.68. The standard InChI is InChI=1S/C22H27NO2/c1-3-13-23(21-12-11-18-8-4-5-9-19(18)15-21)22(24)20-10-6-7-17(14-20)16-25-2/h4-10,14,21H,3,11-13,15-16H2,1-2H3. The van der Waals surface area contributed by atoms with Crippen LogP contribution in [0.3, 0.4) is 0 Å². The maximum Gasteiger partial charge on any atom is 0.254 e. The lowest BCUT2D eigenvalue weighted by atomic mass is 9.87. The van der Waals surface area contributed by atoms with E-state index in [1.54, 1.807) is 7.11 Å². The molecule has 2 aromatic rings. The fourth-order valence-corrected chi connectivity index (χ4v) is 3.76. The average Bonchev–Trinajstić information content (AvgIpc) is 2.66. The molecule has 0 aromatic heterocycles. The zero-order valence-electron chi connectivity index (χ0n) is 15.2. The molecule has 132 valence electrons. The summed E-state index contributed by atoms with van der Waals surface area (Å²) in [6.07, 6.45) is 4.03. The van der Waals surface area contributed by atoms with Crippen LogP contribution in [0.4, 0.5) is 0 Å². The molecule has 3 heteroatoms. The number of hydrogen-bond acceptors (Lipinski definition) is 2. The number of benzene rings is 2. The van der Waals surface area contributed by atoms with Gasteiger partial charge in [0, 0.05) is 25.3 Å². The van der Waals surface area contributed by atoms with Crippen LogP contribution in [0.5, 0.6) is 0 Å². The number of fused-ring (bicyclic) bond motifs is 1. The Hall–Kier alpha value is -2.13. The molecule has 25 heavy (non-hydrogen) atoms. The molecule has 0 spiro atoms. The Bertz CT molecular complexity index is 725. The van der Waals surface area contributed by atoms with Crippen molar-refractivity contribution < 1.29 is 9.53 Å². The van der Waals surface area contributed by atoms with Crippen LogP contribution >= 0.6 is 0 Å². The Morgan fingerprint density at radius 1 is 1.16 bits per heavy atom. The Labute approximate surface area is 150 Å². The second-order valence-corrected chi connectivity index (χ2v) is 6.80. The van der Waals surface area contributed by atoms with Crippen molar-refractivity contribution in [1.29, 1.82) is 0 Å². The first-order chi connectivity index (χ1) is 12.2. The van der Waals surface area contributed by atoms with E-state index in [1.165, 1.54) is 11.1 Å². The van der Waals surface area contributed by atoms with Crippen molar-refractivity contribution in [3.8, 4) is 0 Å². The van der Waals surface area contributed by atoms with Gasteiger partial charge in [0.05, 0.1) is 6.61 Å². The number of amides is 1. The van der Waals surface area contributed by atoms with Crippen molar-refractivity contribution in [2.24, 2.45) is 0 Å². The van der Waals surface area contributed by atoms with E-state index < -0.39 is 0 Å². The van der Waals surface area contributed by atoms with Gasteiger partial charge in [-0.15, -0.1) is 0 Å². The van der Waals surface area contributed by atoms with Crippen molar-refractivity contribution in [3.05, 3.63) is 70.8 Å². The first-order valence-corrected chi connectivity index (χ1v) is 9.18. The van der Waals surface area contributed by atoms with Crippen LogP contribution in [0.25, 0.3) is 0 Å². The van der Waals surface area contributed by atoms with Gasteiger partial charge >= 0.3 is 0 Å². The molecule has 0 heterocycles. The summed E-state index contributed by atoms with van der Waals surface area (Å²) in [5.74, 6) is 0.143. The average molecular weight is 337 g/mol. The summed E-state index contributed by atoms with van der Waals surface area (Å²) in [5, 5.41) is 0. The van der Waals surface area contributed by atoms with Gasteiger partial charge in [0.2, 0.25) is 0 Å². The summed E-state index contributed by atoms with van der Waals surface area (Å²) in [5.41, 5.74) is 4.63. The highest BCUT2D eigenvalue weighted by Crippen LogP contribution is 2.26. The molecule has 1 unspecified atom stereocenters. The van der Waals surface area contributed by atoms with Crippen LogP contribution in [0.15, 0.2) is 48.5 Å². The van der Waals surface area contributed by atoms with Gasteiger partial charge in [-0.1, -0.05) is 43.3 Å². The van der Waals surface area contributed by atoms with Gasteiger partial charge in [-0.05, 0) is 54.5 Å². The Balaban J connectivity index is 1.81. The van der Waals surface area contributed by atoms with Gasteiger partial charge in [-0.3, -0.25) is 4.79 Å². The van der Waals surface area contributed by atoms with Crippen LogP contribution in [0.2, 0.25) is 0 Å². The summed E-state index contributed by atoms with van der Waals surface area (Å²) in [6.45, 7) is 3.48. The van der Waals surface area contributed by atoms with Crippen molar-refractivity contribution in [3.63, 3.8) is 0 Å². The second kappa shape index (κ2) is 8.30. The topological polar surface area (TPSA) is 29.5 Å². The number of ether oxygens (including phenoxy) is 1. The summed E-state index contributed by atoms with van der Waals surface area (Å²) in [6, 6.07) is 16.7. The molecule has 0 radical (unpaired) electrons. The summed E-state index contributed by atoms with van der Waals surface area (Å²) < 4.78 is 5.20. The van der Waals surface area contributed by atoms with E-state index in [1.807, 2.05) is 24.3 Å². The molecular weight excluding hydrogens is 310 g/mol. The Morgan fingerprint density at radius 2 is 1.96 bits per heavy atom. The van der Waals surface area contributed by atoms with E-state index in [0.29, 0.717) is 6.61 Å². The molecule has 0 bridgehead atoms. The highest BCUT2D eigenvalue weighted by atomic mass is 16.5. The molecule has 0 saturated heterocycles. The largest absolute Gasteiger partial charge is 0.380 e. The molecule has 0 saturated carbocycles. The number of methoxy groups -OCH3 is 1. The lowest BCUT2D eigenvalue weighted by Gasteiger charge is -2.35. The lowest BCUT2D eigenvalue weighted by Crippen LogP contribution is -2.44. The summed E-state index contributed by atoms with van der Waals surface area (Å²) in [4.78, 5) is 15.3. The molecule has 1 aliphatic carbocycles. The molecule has 3 nitrogen and oxygen atoms in total. The van der Waals surface area contributed by atoms with Crippen LogP contribution < -0.4 is 0 Å². The van der Waals surface area contributed by atoms with E-state index in [4.69, 9.17) is 4.74 Å². The molecule has 2 aromatic carbocycles. The molecular formula is C22H27NO2. The maximum atomic E-state index is 13.2. The third-order valence-electron chi connectivity index (χ3n) is 4.97. The predicted octanol–water partition coefficient (Wildman–Crippen LogP) is 4.24. The molecule has 0 aliphatic heterocycles. The highest BCUT2D eigenvalue weighted by molar-refractivity contribution is 5.94. The second-order valence-electron chi connectivity index (χ2n) is 6.80. The smallest absolute Gasteiger partial charge is 0.254 e. The predicted molar refractivity (Wildman–Crippen MR) is 101 cm³/mol.